The fourth-order valence-corrected chi connectivity index (χ4v) is 5.05. The Morgan fingerprint density at radius 3 is 2.32 bits per heavy atom. The zero-order chi connectivity index (χ0) is 30.2. The second-order valence-corrected chi connectivity index (χ2v) is 10.2. The Morgan fingerprint density at radius 2 is 1.78 bits per heavy atom. The molecule has 220 valence electrons. The highest BCUT2D eigenvalue weighted by Gasteiger charge is 2.49. The summed E-state index contributed by atoms with van der Waals surface area (Å²) >= 11 is 0. The highest BCUT2D eigenvalue weighted by atomic mass is 19.4. The number of para-hydroxylation sites is 1. The van der Waals surface area contributed by atoms with E-state index in [1.807, 2.05) is 32.0 Å². The molecule has 3 aliphatic rings. The first kappa shape index (κ1) is 31.5. The zero-order valence-electron chi connectivity index (χ0n) is 23.2. The number of hydrogen-bond donors (Lipinski definition) is 2. The lowest BCUT2D eigenvalue weighted by atomic mass is 9.88. The quantitative estimate of drug-likeness (QED) is 0.492. The number of ether oxygens (including phenoxy) is 1. The monoisotopic (exact) mass is 571 g/mol. The summed E-state index contributed by atoms with van der Waals surface area (Å²) in [5, 5.41) is 2.78. The summed E-state index contributed by atoms with van der Waals surface area (Å²) in [6.45, 7) is 4.23. The minimum absolute atomic E-state index is 0.105. The number of hydrogen-bond acceptors (Lipinski definition) is 6. The Morgan fingerprint density at radius 1 is 1.12 bits per heavy atom. The molecule has 2 aromatic rings. The van der Waals surface area contributed by atoms with Gasteiger partial charge in [0, 0.05) is 36.8 Å². The highest BCUT2D eigenvalue weighted by molar-refractivity contribution is 5.99. The molecule has 3 heterocycles. The maximum atomic E-state index is 13.3. The molecule has 1 aliphatic carbocycles. The number of guanidine groups is 1. The number of fused-ring (bicyclic) bond motifs is 1. The number of pyridine rings is 1. The molecule has 11 heteroatoms. The Hall–Kier alpha value is -4.07. The van der Waals surface area contributed by atoms with Crippen molar-refractivity contribution in [1.82, 2.24) is 15.2 Å². The number of alkyl halides is 3. The van der Waals surface area contributed by atoms with Crippen LogP contribution in [0.5, 0.6) is 5.75 Å². The van der Waals surface area contributed by atoms with Crippen LogP contribution in [0.3, 0.4) is 0 Å². The first-order valence-corrected chi connectivity index (χ1v) is 13.5. The second-order valence-electron chi connectivity index (χ2n) is 10.2. The van der Waals surface area contributed by atoms with Crippen LogP contribution in [0, 0.1) is 24.7 Å². The molecule has 1 aromatic heterocycles. The van der Waals surface area contributed by atoms with E-state index in [4.69, 9.17) is 10.5 Å². The molecule has 3 N–H and O–H groups in total. The number of nitrogens with zero attached hydrogens (tertiary/aromatic N) is 3. The maximum Gasteiger partial charge on any atom is 0.425 e. The minimum atomic E-state index is -4.53. The molecule has 41 heavy (non-hydrogen) atoms. The van der Waals surface area contributed by atoms with Gasteiger partial charge in [0.15, 0.2) is 12.1 Å². The van der Waals surface area contributed by atoms with Crippen LogP contribution in [0.1, 0.15) is 57.6 Å². The van der Waals surface area contributed by atoms with E-state index < -0.39 is 23.9 Å². The average molecular weight is 572 g/mol. The zero-order valence-corrected chi connectivity index (χ0v) is 23.2. The van der Waals surface area contributed by atoms with Gasteiger partial charge in [0.25, 0.3) is 0 Å². The van der Waals surface area contributed by atoms with Crippen molar-refractivity contribution < 1.29 is 27.5 Å². The molecule has 2 amide bonds. The van der Waals surface area contributed by atoms with Crippen molar-refractivity contribution in [3.8, 4) is 18.6 Å². The molecule has 1 aromatic carbocycles. The normalized spacial score (nSPS) is 24.1. The molecule has 1 saturated carbocycles. The van der Waals surface area contributed by atoms with Gasteiger partial charge in [-0.25, -0.2) is 4.99 Å². The molecule has 4 atom stereocenters. The Labute approximate surface area is 238 Å². The van der Waals surface area contributed by atoms with E-state index in [1.54, 1.807) is 30.6 Å². The van der Waals surface area contributed by atoms with E-state index in [2.05, 4.69) is 28.1 Å². The number of nitrogens with two attached hydrogens (primary N) is 1. The van der Waals surface area contributed by atoms with Crippen molar-refractivity contribution in [2.75, 3.05) is 6.54 Å². The number of rotatable bonds is 6. The summed E-state index contributed by atoms with van der Waals surface area (Å²) in [6.07, 6.45) is 6.85. The van der Waals surface area contributed by atoms with Crippen LogP contribution in [-0.4, -0.2) is 52.0 Å². The van der Waals surface area contributed by atoms with Crippen molar-refractivity contribution in [1.29, 1.82) is 0 Å². The van der Waals surface area contributed by atoms with Crippen LogP contribution in [0.4, 0.5) is 13.2 Å². The van der Waals surface area contributed by atoms with Crippen LogP contribution >= 0.6 is 0 Å². The van der Waals surface area contributed by atoms with E-state index >= 15 is 0 Å². The first-order chi connectivity index (χ1) is 19.6. The third-order valence-electron chi connectivity index (χ3n) is 7.66. The number of halogens is 3. The average Bonchev–Trinajstić information content (AvgIpc) is 3.76. The second kappa shape index (κ2) is 13.5. The summed E-state index contributed by atoms with van der Waals surface area (Å²) in [7, 11) is 0. The standard InChI is InChI=1S/C23H29F3N4O3.C5H5N.C2H2/c1-3-22(4-2)11-19(31)30(21(27)29-22)12-13-9-15(13)20(32)28-16-10-18(23(24,25)26)33-17-8-6-5-7-14(16)17;1-2-4-6-5-3-1;1-2/h5-8,13,15-16,18H,3-4,9-12H2,1-2H3,(H2,27,29)(H,28,32);1-5H;1-2H/t13-,15?,16+,18?;;/m1../s1. The van der Waals surface area contributed by atoms with E-state index in [9.17, 15) is 22.8 Å². The number of amides is 2. The van der Waals surface area contributed by atoms with E-state index in [0.717, 1.165) is 0 Å². The summed E-state index contributed by atoms with van der Waals surface area (Å²) < 4.78 is 45.1. The Bertz CT molecular complexity index is 1200. The van der Waals surface area contributed by atoms with Gasteiger partial charge >= 0.3 is 6.18 Å². The van der Waals surface area contributed by atoms with E-state index in [-0.39, 0.29) is 54.7 Å². The summed E-state index contributed by atoms with van der Waals surface area (Å²) in [4.78, 5) is 35.3. The molecule has 0 saturated heterocycles. The molecule has 8 nitrogen and oxygen atoms in total. The number of benzene rings is 1. The van der Waals surface area contributed by atoms with Gasteiger partial charge in [-0.05, 0) is 43.4 Å². The van der Waals surface area contributed by atoms with Gasteiger partial charge in [-0.15, -0.1) is 12.8 Å². The molecule has 2 unspecified atom stereocenters. The van der Waals surface area contributed by atoms with Crippen molar-refractivity contribution in [3.63, 3.8) is 0 Å². The maximum absolute atomic E-state index is 13.3. The SMILES string of the molecule is C#C.CCC1(CC)CC(=O)N(C[C@H]2CC2C(=O)N[C@H]2CC(C(F)(F)F)Oc3ccccc32)C(N)=N1.c1ccncc1. The van der Waals surface area contributed by atoms with Crippen LogP contribution in [-0.2, 0) is 9.59 Å². The predicted octanol–water partition coefficient (Wildman–Crippen LogP) is 4.63. The van der Waals surface area contributed by atoms with Gasteiger partial charge in [-0.2, -0.15) is 13.2 Å². The lowest BCUT2D eigenvalue weighted by molar-refractivity contribution is -0.201. The predicted molar refractivity (Wildman–Crippen MR) is 149 cm³/mol. The molecule has 2 aliphatic heterocycles. The van der Waals surface area contributed by atoms with Crippen LogP contribution < -0.4 is 15.8 Å². The minimum Gasteiger partial charge on any atom is -0.480 e. The highest BCUT2D eigenvalue weighted by Crippen LogP contribution is 2.43. The molecule has 0 bridgehead atoms. The lowest BCUT2D eigenvalue weighted by Crippen LogP contribution is -2.52. The van der Waals surface area contributed by atoms with E-state index in [0.29, 0.717) is 24.8 Å². The van der Waals surface area contributed by atoms with Gasteiger partial charge in [-0.3, -0.25) is 19.5 Å². The number of nitrogens with one attached hydrogen (secondary N) is 1. The third-order valence-corrected chi connectivity index (χ3v) is 7.66. The molecule has 1 fully saturated rings. The first-order valence-electron chi connectivity index (χ1n) is 13.5. The van der Waals surface area contributed by atoms with Gasteiger partial charge in [0.2, 0.25) is 11.8 Å². The number of aliphatic imine (C=N–C) groups is 1. The number of terminal acetylenes is 1. The lowest BCUT2D eigenvalue weighted by Gasteiger charge is -2.36. The van der Waals surface area contributed by atoms with Crippen LogP contribution in [0.2, 0.25) is 0 Å². The fraction of sp³-hybridized carbons (Fsp3) is 0.467. The number of carbonyl (C=O) groups excluding carboxylic acids is 2. The largest absolute Gasteiger partial charge is 0.480 e. The summed E-state index contributed by atoms with van der Waals surface area (Å²) in [5.41, 5.74) is 6.15. The van der Waals surface area contributed by atoms with Gasteiger partial charge in [-0.1, -0.05) is 38.1 Å². The van der Waals surface area contributed by atoms with Crippen molar-refractivity contribution in [2.24, 2.45) is 22.6 Å². The van der Waals surface area contributed by atoms with Gasteiger partial charge < -0.3 is 15.8 Å². The van der Waals surface area contributed by atoms with Crippen molar-refractivity contribution >= 4 is 17.8 Å². The fourth-order valence-electron chi connectivity index (χ4n) is 5.05. The Kier molecular flexibility index (Phi) is 10.4. The number of aromatic nitrogens is 1. The van der Waals surface area contributed by atoms with Crippen molar-refractivity contribution in [3.05, 3.63) is 60.4 Å². The molecule has 5 rings (SSSR count). The summed E-state index contributed by atoms with van der Waals surface area (Å²) in [6, 6.07) is 11.4. The van der Waals surface area contributed by atoms with Crippen LogP contribution in [0.25, 0.3) is 0 Å². The molecule has 0 spiro atoms. The van der Waals surface area contributed by atoms with E-state index in [1.165, 1.54) is 11.0 Å². The molecular formula is C30H36F3N5O3. The summed E-state index contributed by atoms with van der Waals surface area (Å²) in [5.74, 6) is -0.613. The van der Waals surface area contributed by atoms with Gasteiger partial charge in [0.1, 0.15) is 5.75 Å². The van der Waals surface area contributed by atoms with Crippen LogP contribution in [0.15, 0.2) is 59.9 Å². The van der Waals surface area contributed by atoms with Crippen molar-refractivity contribution in [2.45, 2.75) is 69.8 Å². The smallest absolute Gasteiger partial charge is 0.425 e. The van der Waals surface area contributed by atoms with Gasteiger partial charge in [0.05, 0.1) is 18.0 Å². The topological polar surface area (TPSA) is 110 Å². The molecular weight excluding hydrogens is 535 g/mol. The molecule has 0 radical (unpaired) electrons. The Balaban J connectivity index is 0.000000505. The number of carbonyl (C=O) groups is 2. The third kappa shape index (κ3) is 7.78.